The van der Waals surface area contributed by atoms with Gasteiger partial charge in [0, 0.05) is 18.6 Å². The van der Waals surface area contributed by atoms with Crippen LogP contribution in [0.25, 0.3) is 0 Å². The summed E-state index contributed by atoms with van der Waals surface area (Å²) in [5, 5.41) is 11.7. The Morgan fingerprint density at radius 2 is 2.33 bits per heavy atom. The number of furan rings is 1. The van der Waals surface area contributed by atoms with Crippen LogP contribution in [0.3, 0.4) is 0 Å². The summed E-state index contributed by atoms with van der Waals surface area (Å²) in [5.74, 6) is 0.556. The molecular formula is C11H17NO3. The third-order valence-electron chi connectivity index (χ3n) is 2.11. The largest absolute Gasteiger partial charge is 0.469 e. The summed E-state index contributed by atoms with van der Waals surface area (Å²) in [6.45, 7) is 4.29. The molecule has 0 spiro atoms. The Morgan fingerprint density at radius 3 is 2.87 bits per heavy atom. The van der Waals surface area contributed by atoms with E-state index in [1.165, 1.54) is 0 Å². The van der Waals surface area contributed by atoms with Crippen LogP contribution in [-0.2, 0) is 11.2 Å². The van der Waals surface area contributed by atoms with E-state index in [-0.39, 0.29) is 24.3 Å². The van der Waals surface area contributed by atoms with Gasteiger partial charge in [-0.2, -0.15) is 0 Å². The number of rotatable bonds is 5. The highest BCUT2D eigenvalue weighted by Gasteiger charge is 2.17. The first-order valence-electron chi connectivity index (χ1n) is 4.93. The Labute approximate surface area is 89.3 Å². The van der Waals surface area contributed by atoms with Gasteiger partial charge in [0.1, 0.15) is 5.76 Å². The van der Waals surface area contributed by atoms with Crippen molar-refractivity contribution in [2.24, 2.45) is 5.41 Å². The number of carbonyl (C=O) groups is 1. The van der Waals surface area contributed by atoms with E-state index in [4.69, 9.17) is 9.52 Å². The van der Waals surface area contributed by atoms with Crippen LogP contribution in [0, 0.1) is 5.41 Å². The molecule has 0 bridgehead atoms. The second-order valence-electron chi connectivity index (χ2n) is 4.36. The van der Waals surface area contributed by atoms with Crippen molar-refractivity contribution >= 4 is 5.91 Å². The second kappa shape index (κ2) is 4.98. The average Bonchev–Trinajstić information content (AvgIpc) is 2.68. The Hall–Kier alpha value is -1.29. The van der Waals surface area contributed by atoms with Crippen molar-refractivity contribution in [3.8, 4) is 0 Å². The first-order valence-corrected chi connectivity index (χ1v) is 4.93. The molecule has 0 fully saturated rings. The minimum absolute atomic E-state index is 0.0496. The van der Waals surface area contributed by atoms with Gasteiger partial charge in [-0.15, -0.1) is 0 Å². The zero-order valence-corrected chi connectivity index (χ0v) is 9.12. The first-order chi connectivity index (χ1) is 7.03. The highest BCUT2D eigenvalue weighted by Crippen LogP contribution is 2.11. The molecule has 0 radical (unpaired) electrons. The number of carbonyl (C=O) groups excluding carboxylic acids is 1. The lowest BCUT2D eigenvalue weighted by Crippen LogP contribution is -2.36. The van der Waals surface area contributed by atoms with E-state index in [0.29, 0.717) is 12.3 Å². The third kappa shape index (κ3) is 4.16. The SMILES string of the molecule is CC(C)(CO)CNC(=O)Cc1ccco1. The van der Waals surface area contributed by atoms with Crippen LogP contribution in [0.5, 0.6) is 0 Å². The maximum atomic E-state index is 11.4. The Kier molecular flexibility index (Phi) is 3.91. The molecule has 0 aliphatic carbocycles. The lowest BCUT2D eigenvalue weighted by Gasteiger charge is -2.21. The normalized spacial score (nSPS) is 11.4. The summed E-state index contributed by atoms with van der Waals surface area (Å²) in [6, 6.07) is 3.51. The molecule has 0 saturated heterocycles. The maximum Gasteiger partial charge on any atom is 0.227 e. The Morgan fingerprint density at radius 1 is 1.60 bits per heavy atom. The number of aliphatic hydroxyl groups is 1. The van der Waals surface area contributed by atoms with Gasteiger partial charge >= 0.3 is 0 Å². The topological polar surface area (TPSA) is 62.5 Å². The molecule has 2 N–H and O–H groups in total. The van der Waals surface area contributed by atoms with Crippen LogP contribution in [0.4, 0.5) is 0 Å². The molecule has 84 valence electrons. The molecule has 1 amide bonds. The fraction of sp³-hybridized carbons (Fsp3) is 0.545. The molecule has 1 rings (SSSR count). The van der Waals surface area contributed by atoms with Gasteiger partial charge in [-0.25, -0.2) is 0 Å². The van der Waals surface area contributed by atoms with Gasteiger partial charge in [-0.3, -0.25) is 4.79 Å². The van der Waals surface area contributed by atoms with E-state index in [1.807, 2.05) is 13.8 Å². The molecule has 4 heteroatoms. The van der Waals surface area contributed by atoms with Crippen LogP contribution in [0.15, 0.2) is 22.8 Å². The minimum Gasteiger partial charge on any atom is -0.469 e. The van der Waals surface area contributed by atoms with Gasteiger partial charge in [0.25, 0.3) is 0 Å². The Balaban J connectivity index is 2.31. The second-order valence-corrected chi connectivity index (χ2v) is 4.36. The van der Waals surface area contributed by atoms with Crippen LogP contribution in [0.1, 0.15) is 19.6 Å². The maximum absolute atomic E-state index is 11.4. The van der Waals surface area contributed by atoms with E-state index in [0.717, 1.165) is 0 Å². The van der Waals surface area contributed by atoms with Crippen molar-refractivity contribution in [3.05, 3.63) is 24.2 Å². The van der Waals surface area contributed by atoms with Crippen molar-refractivity contribution < 1.29 is 14.3 Å². The summed E-state index contributed by atoms with van der Waals surface area (Å²) in [6.07, 6.45) is 1.79. The number of aliphatic hydroxyl groups excluding tert-OH is 1. The quantitative estimate of drug-likeness (QED) is 0.762. The van der Waals surface area contributed by atoms with Gasteiger partial charge in [0.15, 0.2) is 0 Å². The molecule has 0 aromatic carbocycles. The summed E-state index contributed by atoms with van der Waals surface area (Å²) in [5.41, 5.74) is -0.279. The number of hydrogen-bond donors (Lipinski definition) is 2. The fourth-order valence-corrected chi connectivity index (χ4v) is 1.03. The van der Waals surface area contributed by atoms with Crippen molar-refractivity contribution in [1.82, 2.24) is 5.32 Å². The zero-order valence-electron chi connectivity index (χ0n) is 9.12. The Bertz CT molecular complexity index is 304. The van der Waals surface area contributed by atoms with Crippen LogP contribution in [-0.4, -0.2) is 24.2 Å². The smallest absolute Gasteiger partial charge is 0.227 e. The van der Waals surface area contributed by atoms with Crippen molar-refractivity contribution in [3.63, 3.8) is 0 Å². The molecule has 0 unspecified atom stereocenters. The lowest BCUT2D eigenvalue weighted by atomic mass is 9.95. The highest BCUT2D eigenvalue weighted by molar-refractivity contribution is 5.77. The van der Waals surface area contributed by atoms with E-state index in [2.05, 4.69) is 5.32 Å². The lowest BCUT2D eigenvalue weighted by molar-refractivity contribution is -0.121. The van der Waals surface area contributed by atoms with E-state index < -0.39 is 0 Å². The summed E-state index contributed by atoms with van der Waals surface area (Å²) < 4.78 is 5.05. The number of amides is 1. The monoisotopic (exact) mass is 211 g/mol. The predicted molar refractivity (Wildman–Crippen MR) is 56.3 cm³/mol. The number of nitrogens with one attached hydrogen (secondary N) is 1. The van der Waals surface area contributed by atoms with E-state index in [9.17, 15) is 4.79 Å². The standard InChI is InChI=1S/C11H17NO3/c1-11(2,8-13)7-12-10(14)6-9-4-3-5-15-9/h3-5,13H,6-8H2,1-2H3,(H,12,14). The highest BCUT2D eigenvalue weighted by atomic mass is 16.3. The van der Waals surface area contributed by atoms with Crippen LogP contribution < -0.4 is 5.32 Å². The van der Waals surface area contributed by atoms with Crippen LogP contribution >= 0.6 is 0 Å². The predicted octanol–water partition coefficient (Wildman–Crippen LogP) is 0.957. The zero-order chi connectivity index (χ0) is 11.3. The van der Waals surface area contributed by atoms with Crippen LogP contribution in [0.2, 0.25) is 0 Å². The van der Waals surface area contributed by atoms with Gasteiger partial charge in [0.05, 0.1) is 12.7 Å². The molecule has 15 heavy (non-hydrogen) atoms. The van der Waals surface area contributed by atoms with Crippen molar-refractivity contribution in [1.29, 1.82) is 0 Å². The van der Waals surface area contributed by atoms with Gasteiger partial charge in [-0.05, 0) is 12.1 Å². The molecule has 4 nitrogen and oxygen atoms in total. The van der Waals surface area contributed by atoms with E-state index in [1.54, 1.807) is 18.4 Å². The van der Waals surface area contributed by atoms with Crippen molar-refractivity contribution in [2.45, 2.75) is 20.3 Å². The molecular weight excluding hydrogens is 194 g/mol. The van der Waals surface area contributed by atoms with Crippen molar-refractivity contribution in [2.75, 3.05) is 13.2 Å². The summed E-state index contributed by atoms with van der Waals surface area (Å²) in [7, 11) is 0. The summed E-state index contributed by atoms with van der Waals surface area (Å²) >= 11 is 0. The third-order valence-corrected chi connectivity index (χ3v) is 2.11. The molecule has 0 aliphatic heterocycles. The molecule has 1 aromatic heterocycles. The van der Waals surface area contributed by atoms with E-state index >= 15 is 0 Å². The van der Waals surface area contributed by atoms with Gasteiger partial charge < -0.3 is 14.8 Å². The first kappa shape index (κ1) is 11.8. The molecule has 1 aromatic rings. The molecule has 1 heterocycles. The molecule has 0 saturated carbocycles. The molecule has 0 atom stereocenters. The number of hydrogen-bond acceptors (Lipinski definition) is 3. The van der Waals surface area contributed by atoms with Gasteiger partial charge in [-0.1, -0.05) is 13.8 Å². The molecule has 0 aliphatic rings. The van der Waals surface area contributed by atoms with Gasteiger partial charge in [0.2, 0.25) is 5.91 Å². The average molecular weight is 211 g/mol. The summed E-state index contributed by atoms with van der Waals surface area (Å²) in [4.78, 5) is 11.4. The fourth-order valence-electron chi connectivity index (χ4n) is 1.03. The minimum atomic E-state index is -0.279.